The van der Waals surface area contributed by atoms with E-state index in [-0.39, 0.29) is 5.91 Å². The van der Waals surface area contributed by atoms with Crippen molar-refractivity contribution in [2.45, 2.75) is 26.3 Å². The zero-order valence-electron chi connectivity index (χ0n) is 10.5. The average molecular weight is 263 g/mol. The first-order valence-corrected chi connectivity index (χ1v) is 6.83. The molecule has 0 aromatic heterocycles. The number of carbonyl (C=O) groups is 2. The molecule has 1 atom stereocenters. The summed E-state index contributed by atoms with van der Waals surface area (Å²) in [5.74, 6) is 0.699. The van der Waals surface area contributed by atoms with E-state index in [0.29, 0.717) is 18.9 Å². The molecule has 1 unspecified atom stereocenters. The summed E-state index contributed by atoms with van der Waals surface area (Å²) in [5, 5.41) is 2.39. The van der Waals surface area contributed by atoms with E-state index in [1.165, 1.54) is 0 Å². The van der Waals surface area contributed by atoms with Crippen LogP contribution in [0.1, 0.15) is 20.3 Å². The van der Waals surface area contributed by atoms with Crippen molar-refractivity contribution in [3.8, 4) is 0 Å². The number of urea groups is 1. The van der Waals surface area contributed by atoms with E-state index in [1.807, 2.05) is 20.1 Å². The molecule has 100 valence electrons. The van der Waals surface area contributed by atoms with Crippen LogP contribution in [-0.2, 0) is 9.63 Å². The molecule has 0 aromatic rings. The maximum Gasteiger partial charge on any atom is 0.312 e. The number of nitrogens with one attached hydrogen (secondary N) is 2. The molecule has 4 N–H and O–H groups in total. The number of hydrogen-bond donors (Lipinski definition) is 3. The van der Waals surface area contributed by atoms with Gasteiger partial charge in [-0.1, -0.05) is 13.8 Å². The Morgan fingerprint density at radius 3 is 2.53 bits per heavy atom. The Bertz CT molecular complexity index is 249. The van der Waals surface area contributed by atoms with Gasteiger partial charge < -0.3 is 11.1 Å². The molecule has 0 aromatic carbocycles. The van der Waals surface area contributed by atoms with Gasteiger partial charge in [-0.05, 0) is 24.3 Å². The minimum Gasteiger partial charge on any atom is -0.352 e. The van der Waals surface area contributed by atoms with Gasteiger partial charge in [-0.15, -0.1) is 0 Å². The minimum atomic E-state index is -0.713. The predicted octanol–water partition coefficient (Wildman–Crippen LogP) is 0.480. The molecule has 0 aliphatic heterocycles. The lowest BCUT2D eigenvalue weighted by molar-refractivity contribution is -0.136. The molecule has 0 rings (SSSR count). The van der Waals surface area contributed by atoms with E-state index in [4.69, 9.17) is 10.6 Å². The van der Waals surface area contributed by atoms with Crippen molar-refractivity contribution in [2.24, 2.45) is 11.7 Å². The molecule has 0 bridgehead atoms. The molecule has 0 aliphatic carbocycles. The van der Waals surface area contributed by atoms with Gasteiger partial charge in [0.25, 0.3) is 5.91 Å². The summed E-state index contributed by atoms with van der Waals surface area (Å²) in [4.78, 5) is 27.4. The van der Waals surface area contributed by atoms with Gasteiger partial charge in [0.1, 0.15) is 6.04 Å². The van der Waals surface area contributed by atoms with Gasteiger partial charge in [0.15, 0.2) is 0 Å². The highest BCUT2D eigenvalue weighted by atomic mass is 32.2. The number of thioether (sulfide) groups is 1. The largest absolute Gasteiger partial charge is 0.352 e. The summed E-state index contributed by atoms with van der Waals surface area (Å²) in [5.41, 5.74) is 7.31. The Labute approximate surface area is 106 Å². The van der Waals surface area contributed by atoms with Crippen molar-refractivity contribution >= 4 is 23.7 Å². The van der Waals surface area contributed by atoms with E-state index >= 15 is 0 Å². The molecule has 17 heavy (non-hydrogen) atoms. The fraction of sp³-hybridized carbons (Fsp3) is 0.800. The molecule has 0 aliphatic rings. The maximum atomic E-state index is 11.7. The number of primary amides is 1. The van der Waals surface area contributed by atoms with Gasteiger partial charge in [0.05, 0.1) is 6.61 Å². The van der Waals surface area contributed by atoms with E-state index in [9.17, 15) is 9.59 Å². The highest BCUT2D eigenvalue weighted by molar-refractivity contribution is 7.98. The normalized spacial score (nSPS) is 12.2. The second-order valence-electron chi connectivity index (χ2n) is 4.01. The van der Waals surface area contributed by atoms with Crippen molar-refractivity contribution in [3.05, 3.63) is 0 Å². The highest BCUT2D eigenvalue weighted by Gasteiger charge is 2.19. The lowest BCUT2D eigenvalue weighted by atomic mass is 10.2. The van der Waals surface area contributed by atoms with Gasteiger partial charge in [-0.2, -0.15) is 11.8 Å². The monoisotopic (exact) mass is 263 g/mol. The van der Waals surface area contributed by atoms with Crippen LogP contribution in [0.5, 0.6) is 0 Å². The van der Waals surface area contributed by atoms with E-state index in [1.54, 1.807) is 11.8 Å². The molecule has 0 radical (unpaired) electrons. The Hall–Kier alpha value is -0.950. The van der Waals surface area contributed by atoms with E-state index in [0.717, 1.165) is 5.75 Å². The second-order valence-corrected chi connectivity index (χ2v) is 5.00. The molecular weight excluding hydrogens is 242 g/mol. The first-order valence-electron chi connectivity index (χ1n) is 5.44. The Balaban J connectivity index is 4.07. The Morgan fingerprint density at radius 2 is 2.06 bits per heavy atom. The lowest BCUT2D eigenvalue weighted by Gasteiger charge is -2.17. The average Bonchev–Trinajstić information content (AvgIpc) is 2.22. The number of amides is 3. The summed E-state index contributed by atoms with van der Waals surface area (Å²) >= 11 is 1.59. The quantitative estimate of drug-likeness (QED) is 0.555. The van der Waals surface area contributed by atoms with Crippen molar-refractivity contribution in [1.82, 2.24) is 10.8 Å². The second kappa shape index (κ2) is 9.12. The molecule has 0 fully saturated rings. The summed E-state index contributed by atoms with van der Waals surface area (Å²) < 4.78 is 0. The molecule has 0 heterocycles. The molecule has 6 nitrogen and oxygen atoms in total. The third kappa shape index (κ3) is 8.82. The third-order valence-corrected chi connectivity index (χ3v) is 2.48. The number of carbonyl (C=O) groups excluding carboxylic acids is 2. The fourth-order valence-corrected chi connectivity index (χ4v) is 1.50. The molecule has 0 saturated heterocycles. The van der Waals surface area contributed by atoms with Crippen molar-refractivity contribution in [2.75, 3.05) is 18.6 Å². The van der Waals surface area contributed by atoms with Crippen molar-refractivity contribution in [3.63, 3.8) is 0 Å². The maximum absolute atomic E-state index is 11.7. The Morgan fingerprint density at radius 1 is 1.41 bits per heavy atom. The van der Waals surface area contributed by atoms with Gasteiger partial charge in [0.2, 0.25) is 0 Å². The SMILES string of the molecule is CSCCC(NC(N)=O)C(=O)NOCC(C)C. The number of hydroxylamine groups is 1. The van der Waals surface area contributed by atoms with Crippen LogP contribution in [0.3, 0.4) is 0 Å². The summed E-state index contributed by atoms with van der Waals surface area (Å²) in [6.07, 6.45) is 2.44. The number of hydrogen-bond acceptors (Lipinski definition) is 4. The number of nitrogens with two attached hydrogens (primary N) is 1. The van der Waals surface area contributed by atoms with Crippen LogP contribution in [0, 0.1) is 5.92 Å². The van der Waals surface area contributed by atoms with Crippen LogP contribution in [0.15, 0.2) is 0 Å². The molecule has 0 spiro atoms. The van der Waals surface area contributed by atoms with Gasteiger partial charge >= 0.3 is 6.03 Å². The van der Waals surface area contributed by atoms with Crippen LogP contribution in [-0.4, -0.2) is 36.6 Å². The van der Waals surface area contributed by atoms with Crippen molar-refractivity contribution in [1.29, 1.82) is 0 Å². The summed E-state index contributed by atoms with van der Waals surface area (Å²) in [6, 6.07) is -1.36. The minimum absolute atomic E-state index is 0.323. The number of rotatable bonds is 8. The molecule has 7 heteroatoms. The van der Waals surface area contributed by atoms with E-state index < -0.39 is 12.1 Å². The fourth-order valence-electron chi connectivity index (χ4n) is 1.03. The van der Waals surface area contributed by atoms with E-state index in [2.05, 4.69) is 10.8 Å². The van der Waals surface area contributed by atoms with Crippen LogP contribution in [0.4, 0.5) is 4.79 Å². The van der Waals surface area contributed by atoms with Crippen LogP contribution < -0.4 is 16.5 Å². The summed E-state index contributed by atoms with van der Waals surface area (Å²) in [6.45, 7) is 4.37. The molecule has 0 saturated carbocycles. The Kier molecular flexibility index (Phi) is 8.61. The standard InChI is InChI=1S/C10H21N3O3S/c1-7(2)6-16-13-9(14)8(4-5-17-3)12-10(11)15/h7-8H,4-6H2,1-3H3,(H,13,14)(H3,11,12,15). The lowest BCUT2D eigenvalue weighted by Crippen LogP contribution is -2.49. The highest BCUT2D eigenvalue weighted by Crippen LogP contribution is 2.01. The van der Waals surface area contributed by atoms with Gasteiger partial charge in [-0.3, -0.25) is 9.63 Å². The smallest absolute Gasteiger partial charge is 0.312 e. The third-order valence-electron chi connectivity index (χ3n) is 1.83. The predicted molar refractivity (Wildman–Crippen MR) is 68.4 cm³/mol. The van der Waals surface area contributed by atoms with Crippen LogP contribution >= 0.6 is 11.8 Å². The molecular formula is C10H21N3O3S. The first-order chi connectivity index (χ1) is 7.97. The van der Waals surface area contributed by atoms with Gasteiger partial charge in [-0.25, -0.2) is 10.3 Å². The zero-order chi connectivity index (χ0) is 13.3. The van der Waals surface area contributed by atoms with Crippen molar-refractivity contribution < 1.29 is 14.4 Å². The van der Waals surface area contributed by atoms with Gasteiger partial charge in [0, 0.05) is 0 Å². The zero-order valence-corrected chi connectivity index (χ0v) is 11.3. The molecule has 3 amide bonds. The van der Waals surface area contributed by atoms with Crippen LogP contribution in [0.25, 0.3) is 0 Å². The summed E-state index contributed by atoms with van der Waals surface area (Å²) in [7, 11) is 0. The topological polar surface area (TPSA) is 93.5 Å². The van der Waals surface area contributed by atoms with Crippen LogP contribution in [0.2, 0.25) is 0 Å². The first kappa shape index (κ1) is 16.1.